The summed E-state index contributed by atoms with van der Waals surface area (Å²) >= 11 is 0. The molecule has 0 atom stereocenters. The molecule has 1 N–H and O–H groups in total. The van der Waals surface area contributed by atoms with Gasteiger partial charge in [-0.15, -0.1) is 0 Å². The fourth-order valence-electron chi connectivity index (χ4n) is 0.793. The van der Waals surface area contributed by atoms with Crippen molar-refractivity contribution in [3.05, 3.63) is 12.8 Å². The lowest BCUT2D eigenvalue weighted by Crippen LogP contribution is -2.42. The number of hydrogen-bond acceptors (Lipinski definition) is 3. The SMILES string of the molecule is C=COC(=O)NCCO[Si](C)(C)C(C)(C)C. The molecule has 0 aliphatic heterocycles. The fraction of sp³-hybridized carbons (Fsp3) is 0.727. The number of rotatable bonds is 5. The van der Waals surface area contributed by atoms with E-state index in [0.717, 1.165) is 6.26 Å². The highest BCUT2D eigenvalue weighted by atomic mass is 28.4. The first kappa shape index (κ1) is 15.2. The Morgan fingerprint density at radius 3 is 2.44 bits per heavy atom. The van der Waals surface area contributed by atoms with E-state index in [9.17, 15) is 4.79 Å². The normalized spacial score (nSPS) is 12.1. The number of carbonyl (C=O) groups is 1. The molecule has 0 spiro atoms. The van der Waals surface area contributed by atoms with Gasteiger partial charge in [0.25, 0.3) is 0 Å². The zero-order valence-electron chi connectivity index (χ0n) is 10.9. The fourth-order valence-corrected chi connectivity index (χ4v) is 1.84. The van der Waals surface area contributed by atoms with Crippen LogP contribution < -0.4 is 5.32 Å². The van der Waals surface area contributed by atoms with Crippen molar-refractivity contribution in [2.24, 2.45) is 0 Å². The van der Waals surface area contributed by atoms with Gasteiger partial charge >= 0.3 is 6.09 Å². The van der Waals surface area contributed by atoms with E-state index in [0.29, 0.717) is 13.2 Å². The van der Waals surface area contributed by atoms with E-state index >= 15 is 0 Å². The molecule has 0 aliphatic carbocycles. The Labute approximate surface area is 99.1 Å². The topological polar surface area (TPSA) is 47.6 Å². The maximum atomic E-state index is 10.9. The van der Waals surface area contributed by atoms with Crippen molar-refractivity contribution in [2.75, 3.05) is 13.2 Å². The molecule has 94 valence electrons. The average Bonchev–Trinajstić information content (AvgIpc) is 2.11. The van der Waals surface area contributed by atoms with Gasteiger partial charge in [0, 0.05) is 6.54 Å². The summed E-state index contributed by atoms with van der Waals surface area (Å²) in [5.41, 5.74) is 0. The molecule has 1 amide bonds. The van der Waals surface area contributed by atoms with E-state index in [1.165, 1.54) is 0 Å². The predicted molar refractivity (Wildman–Crippen MR) is 67.8 cm³/mol. The van der Waals surface area contributed by atoms with Crippen LogP contribution in [0.25, 0.3) is 0 Å². The molecular weight excluding hydrogens is 222 g/mol. The van der Waals surface area contributed by atoms with E-state index in [2.05, 4.69) is 50.5 Å². The third-order valence-corrected chi connectivity index (χ3v) is 7.37. The molecule has 0 rings (SSSR count). The van der Waals surface area contributed by atoms with Gasteiger partial charge in [-0.05, 0) is 18.1 Å². The number of amides is 1. The molecule has 0 radical (unpaired) electrons. The number of ether oxygens (including phenoxy) is 1. The lowest BCUT2D eigenvalue weighted by atomic mass is 10.2. The Balaban J connectivity index is 3.82. The highest BCUT2D eigenvalue weighted by molar-refractivity contribution is 6.74. The lowest BCUT2D eigenvalue weighted by molar-refractivity contribution is 0.182. The molecule has 0 heterocycles. The van der Waals surface area contributed by atoms with Gasteiger partial charge in [0.1, 0.15) is 0 Å². The van der Waals surface area contributed by atoms with E-state index in [1.54, 1.807) is 0 Å². The Morgan fingerprint density at radius 1 is 1.44 bits per heavy atom. The molecule has 4 nitrogen and oxygen atoms in total. The zero-order chi connectivity index (χ0) is 12.8. The largest absolute Gasteiger partial charge is 0.419 e. The summed E-state index contributed by atoms with van der Waals surface area (Å²) in [5.74, 6) is 0. The van der Waals surface area contributed by atoms with Gasteiger partial charge in [0.15, 0.2) is 8.32 Å². The van der Waals surface area contributed by atoms with E-state index < -0.39 is 14.4 Å². The smallest absolute Gasteiger partial charge is 0.412 e. The van der Waals surface area contributed by atoms with Crippen molar-refractivity contribution in [2.45, 2.75) is 38.9 Å². The second kappa shape index (κ2) is 6.05. The predicted octanol–water partition coefficient (Wildman–Crippen LogP) is 2.88. The van der Waals surface area contributed by atoms with E-state index in [4.69, 9.17) is 4.43 Å². The Kier molecular flexibility index (Phi) is 5.75. The number of nitrogens with one attached hydrogen (secondary N) is 1. The molecule has 16 heavy (non-hydrogen) atoms. The summed E-state index contributed by atoms with van der Waals surface area (Å²) < 4.78 is 10.4. The van der Waals surface area contributed by atoms with Crippen LogP contribution >= 0.6 is 0 Å². The maximum Gasteiger partial charge on any atom is 0.412 e. The third-order valence-electron chi connectivity index (χ3n) is 2.83. The summed E-state index contributed by atoms with van der Waals surface area (Å²) in [6.07, 6.45) is 0.609. The van der Waals surface area contributed by atoms with Crippen molar-refractivity contribution in [3.63, 3.8) is 0 Å². The Bertz CT molecular complexity index is 246. The first-order valence-corrected chi connectivity index (χ1v) is 8.31. The van der Waals surface area contributed by atoms with Gasteiger partial charge < -0.3 is 14.5 Å². The minimum absolute atomic E-state index is 0.189. The number of hydrogen-bond donors (Lipinski definition) is 1. The summed E-state index contributed by atoms with van der Waals surface area (Å²) in [5, 5.41) is 2.76. The monoisotopic (exact) mass is 245 g/mol. The van der Waals surface area contributed by atoms with Crippen molar-refractivity contribution in [3.8, 4) is 0 Å². The standard InChI is InChI=1S/C11H23NO3Si/c1-7-14-10(13)12-8-9-15-16(5,6)11(2,3)4/h7H,1,8-9H2,2-6H3,(H,12,13). The van der Waals surface area contributed by atoms with Crippen LogP contribution in [0.15, 0.2) is 12.8 Å². The maximum absolute atomic E-state index is 10.9. The highest BCUT2D eigenvalue weighted by Gasteiger charge is 2.36. The number of alkyl carbamates (subject to hydrolysis) is 1. The zero-order valence-corrected chi connectivity index (χ0v) is 11.9. The molecular formula is C11H23NO3Si. The molecule has 0 aliphatic rings. The van der Waals surface area contributed by atoms with Gasteiger partial charge in [0.2, 0.25) is 0 Å². The summed E-state index contributed by atoms with van der Waals surface area (Å²) in [6, 6.07) is 0. The summed E-state index contributed by atoms with van der Waals surface area (Å²) in [7, 11) is -1.71. The van der Waals surface area contributed by atoms with Crippen molar-refractivity contribution < 1.29 is 14.0 Å². The van der Waals surface area contributed by atoms with Crippen molar-refractivity contribution in [1.82, 2.24) is 5.32 Å². The second-order valence-electron chi connectivity index (χ2n) is 5.11. The van der Waals surface area contributed by atoms with Crippen LogP contribution in [0.3, 0.4) is 0 Å². The van der Waals surface area contributed by atoms with Crippen LogP contribution in [-0.2, 0) is 9.16 Å². The first-order chi connectivity index (χ1) is 7.20. The second-order valence-corrected chi connectivity index (χ2v) is 9.92. The minimum atomic E-state index is -1.71. The van der Waals surface area contributed by atoms with Crippen LogP contribution in [0, 0.1) is 0 Å². The highest BCUT2D eigenvalue weighted by Crippen LogP contribution is 2.36. The number of carbonyl (C=O) groups excluding carboxylic acids is 1. The first-order valence-electron chi connectivity index (χ1n) is 5.40. The van der Waals surface area contributed by atoms with Crippen molar-refractivity contribution >= 4 is 14.4 Å². The summed E-state index contributed by atoms with van der Waals surface area (Å²) in [6.45, 7) is 15.2. The molecule has 0 aromatic rings. The molecule has 0 saturated heterocycles. The Morgan fingerprint density at radius 2 is 2.00 bits per heavy atom. The third kappa shape index (κ3) is 5.32. The van der Waals surface area contributed by atoms with Gasteiger partial charge in [-0.2, -0.15) is 0 Å². The molecule has 0 unspecified atom stereocenters. The van der Waals surface area contributed by atoms with Crippen molar-refractivity contribution in [1.29, 1.82) is 0 Å². The molecule has 0 aromatic heterocycles. The van der Waals surface area contributed by atoms with Gasteiger partial charge in [-0.1, -0.05) is 27.4 Å². The average molecular weight is 245 g/mol. The van der Waals surface area contributed by atoms with Crippen LogP contribution in [0.2, 0.25) is 18.1 Å². The molecule has 0 aromatic carbocycles. The summed E-state index contributed by atoms with van der Waals surface area (Å²) in [4.78, 5) is 10.9. The minimum Gasteiger partial charge on any atom is -0.419 e. The Hall–Kier alpha value is -0.813. The van der Waals surface area contributed by atoms with Crippen LogP contribution in [0.5, 0.6) is 0 Å². The molecule has 0 fully saturated rings. The molecule has 0 bridgehead atoms. The van der Waals surface area contributed by atoms with Gasteiger partial charge in [-0.25, -0.2) is 4.79 Å². The van der Waals surface area contributed by atoms with E-state index in [1.807, 2.05) is 0 Å². The van der Waals surface area contributed by atoms with Crippen LogP contribution in [-0.4, -0.2) is 27.6 Å². The lowest BCUT2D eigenvalue weighted by Gasteiger charge is -2.36. The van der Waals surface area contributed by atoms with Gasteiger partial charge in [0.05, 0.1) is 12.9 Å². The molecule has 5 heteroatoms. The molecule has 0 saturated carbocycles. The van der Waals surface area contributed by atoms with Gasteiger partial charge in [-0.3, -0.25) is 0 Å². The van der Waals surface area contributed by atoms with E-state index in [-0.39, 0.29) is 5.04 Å². The van der Waals surface area contributed by atoms with Crippen LogP contribution in [0.4, 0.5) is 4.79 Å². The van der Waals surface area contributed by atoms with Crippen LogP contribution in [0.1, 0.15) is 20.8 Å². The quantitative estimate of drug-likeness (QED) is 0.460.